The highest BCUT2D eigenvalue weighted by Gasteiger charge is 2.26. The molecule has 0 spiro atoms. The predicted molar refractivity (Wildman–Crippen MR) is 125 cm³/mol. The highest BCUT2D eigenvalue weighted by molar-refractivity contribution is 7.92. The van der Waals surface area contributed by atoms with Gasteiger partial charge in [-0.05, 0) is 68.4 Å². The Kier molecular flexibility index (Phi) is 7.00. The van der Waals surface area contributed by atoms with Gasteiger partial charge in [0, 0.05) is 12.1 Å². The quantitative estimate of drug-likeness (QED) is 0.496. The van der Waals surface area contributed by atoms with Crippen LogP contribution in [0.25, 0.3) is 0 Å². The van der Waals surface area contributed by atoms with E-state index in [0.717, 1.165) is 31.7 Å². The molecule has 0 unspecified atom stereocenters. The Morgan fingerprint density at radius 2 is 1.88 bits per heavy atom. The van der Waals surface area contributed by atoms with E-state index in [1.807, 2.05) is 12.1 Å². The minimum absolute atomic E-state index is 0.0109. The molecule has 0 aliphatic carbocycles. The summed E-state index contributed by atoms with van der Waals surface area (Å²) < 4.78 is 39.2. The second-order valence-electron chi connectivity index (χ2n) is 7.82. The number of anilines is 1. The molecule has 0 saturated carbocycles. The predicted octanol–water partition coefficient (Wildman–Crippen LogP) is 3.66. The summed E-state index contributed by atoms with van der Waals surface area (Å²) in [5, 5.41) is 2.93. The number of rotatable bonds is 9. The van der Waals surface area contributed by atoms with E-state index in [1.165, 1.54) is 19.2 Å². The van der Waals surface area contributed by atoms with Crippen LogP contribution in [-0.4, -0.2) is 46.0 Å². The van der Waals surface area contributed by atoms with Crippen LogP contribution in [0.5, 0.6) is 5.75 Å². The highest BCUT2D eigenvalue weighted by atomic mass is 32.2. The SMILES string of the molecule is COc1ccccc1NS(=O)(=O)c1cccc(C(=O)NC[C@H](c2ccco2)N2CCCC2)c1. The summed E-state index contributed by atoms with van der Waals surface area (Å²) in [7, 11) is -2.45. The number of methoxy groups -OCH3 is 1. The van der Waals surface area contributed by atoms with Gasteiger partial charge in [0.05, 0.1) is 30.0 Å². The number of amides is 1. The number of hydrogen-bond acceptors (Lipinski definition) is 6. The standard InChI is InChI=1S/C24H27N3O5S/c1-31-22-11-3-2-10-20(22)26-33(29,30)19-9-6-8-18(16-19)24(28)25-17-21(23-12-7-15-32-23)27-13-4-5-14-27/h2-3,6-12,15-16,21,26H,4-5,13-14,17H2,1H3,(H,25,28)/t21-/m1/s1. The molecule has 3 aromatic rings. The molecule has 1 fully saturated rings. The number of nitrogens with zero attached hydrogens (tertiary/aromatic N) is 1. The van der Waals surface area contributed by atoms with Crippen LogP contribution in [0.15, 0.2) is 76.2 Å². The number of hydrogen-bond donors (Lipinski definition) is 2. The van der Waals surface area contributed by atoms with Gasteiger partial charge in [0.25, 0.3) is 15.9 Å². The van der Waals surface area contributed by atoms with E-state index in [2.05, 4.69) is 14.9 Å². The summed E-state index contributed by atoms with van der Waals surface area (Å²) in [4.78, 5) is 15.2. The molecule has 1 amide bonds. The third kappa shape index (κ3) is 5.37. The summed E-state index contributed by atoms with van der Waals surface area (Å²) in [5.41, 5.74) is 0.583. The zero-order valence-corrected chi connectivity index (χ0v) is 19.2. The normalized spacial score (nSPS) is 15.2. The summed E-state index contributed by atoms with van der Waals surface area (Å²) >= 11 is 0. The maximum absolute atomic E-state index is 12.9. The van der Waals surface area contributed by atoms with Gasteiger partial charge in [-0.2, -0.15) is 0 Å². The lowest BCUT2D eigenvalue weighted by Gasteiger charge is -2.26. The molecule has 1 aromatic heterocycles. The van der Waals surface area contributed by atoms with Gasteiger partial charge < -0.3 is 14.5 Å². The molecule has 33 heavy (non-hydrogen) atoms. The van der Waals surface area contributed by atoms with Gasteiger partial charge in [-0.15, -0.1) is 0 Å². The van der Waals surface area contributed by atoms with Crippen LogP contribution in [0.4, 0.5) is 5.69 Å². The van der Waals surface area contributed by atoms with E-state index in [-0.39, 0.29) is 22.4 Å². The monoisotopic (exact) mass is 469 g/mol. The molecule has 1 saturated heterocycles. The third-order valence-corrected chi connectivity index (χ3v) is 7.03. The summed E-state index contributed by atoms with van der Waals surface area (Å²) in [6.07, 6.45) is 3.86. The lowest BCUT2D eigenvalue weighted by atomic mass is 10.1. The molecule has 1 aliphatic heterocycles. The van der Waals surface area contributed by atoms with Crippen molar-refractivity contribution in [2.75, 3.05) is 31.5 Å². The third-order valence-electron chi connectivity index (χ3n) is 5.67. The lowest BCUT2D eigenvalue weighted by Crippen LogP contribution is -2.36. The molecule has 0 radical (unpaired) electrons. The minimum Gasteiger partial charge on any atom is -0.495 e. The van der Waals surface area contributed by atoms with Crippen molar-refractivity contribution in [1.82, 2.24) is 10.2 Å². The van der Waals surface area contributed by atoms with Gasteiger partial charge in [-0.3, -0.25) is 14.4 Å². The molecule has 1 aliphatic rings. The summed E-state index contributed by atoms with van der Waals surface area (Å²) in [6, 6.07) is 16.4. The van der Waals surface area contributed by atoms with Crippen LogP contribution in [0, 0.1) is 0 Å². The fourth-order valence-electron chi connectivity index (χ4n) is 3.97. The summed E-state index contributed by atoms with van der Waals surface area (Å²) in [5.74, 6) is 0.857. The van der Waals surface area contributed by atoms with E-state index < -0.39 is 10.0 Å². The van der Waals surface area contributed by atoms with Gasteiger partial charge >= 0.3 is 0 Å². The Labute approximate surface area is 193 Å². The molecule has 0 bridgehead atoms. The Balaban J connectivity index is 1.48. The van der Waals surface area contributed by atoms with Crippen molar-refractivity contribution in [3.05, 3.63) is 78.3 Å². The second kappa shape index (κ2) is 10.1. The molecule has 4 rings (SSSR count). The first kappa shape index (κ1) is 22.9. The Hall–Kier alpha value is -3.30. The fourth-order valence-corrected chi connectivity index (χ4v) is 5.09. The van der Waals surface area contributed by atoms with Crippen LogP contribution < -0.4 is 14.8 Å². The average molecular weight is 470 g/mol. The van der Waals surface area contributed by atoms with Crippen molar-refractivity contribution in [1.29, 1.82) is 0 Å². The zero-order valence-electron chi connectivity index (χ0n) is 18.4. The zero-order chi connectivity index (χ0) is 23.3. The Morgan fingerprint density at radius 3 is 2.61 bits per heavy atom. The number of benzene rings is 2. The van der Waals surface area contributed by atoms with Crippen molar-refractivity contribution in [2.45, 2.75) is 23.8 Å². The molecule has 9 heteroatoms. The van der Waals surface area contributed by atoms with Gasteiger partial charge in [-0.25, -0.2) is 8.42 Å². The smallest absolute Gasteiger partial charge is 0.262 e. The maximum Gasteiger partial charge on any atom is 0.262 e. The number of nitrogens with one attached hydrogen (secondary N) is 2. The van der Waals surface area contributed by atoms with Gasteiger partial charge in [-0.1, -0.05) is 18.2 Å². The van der Waals surface area contributed by atoms with E-state index in [1.54, 1.807) is 42.7 Å². The van der Waals surface area contributed by atoms with Crippen LogP contribution in [0.2, 0.25) is 0 Å². The number of furan rings is 1. The minimum atomic E-state index is -3.91. The molecule has 1 atom stereocenters. The van der Waals surface area contributed by atoms with Crippen molar-refractivity contribution in [3.8, 4) is 5.75 Å². The van der Waals surface area contributed by atoms with Crippen LogP contribution in [-0.2, 0) is 10.0 Å². The van der Waals surface area contributed by atoms with Crippen molar-refractivity contribution < 1.29 is 22.4 Å². The van der Waals surface area contributed by atoms with E-state index >= 15 is 0 Å². The first-order valence-corrected chi connectivity index (χ1v) is 12.3. The number of carbonyl (C=O) groups excluding carboxylic acids is 1. The average Bonchev–Trinajstić information content (AvgIpc) is 3.55. The topological polar surface area (TPSA) is 101 Å². The lowest BCUT2D eigenvalue weighted by molar-refractivity contribution is 0.0933. The molecule has 2 heterocycles. The molecule has 174 valence electrons. The number of para-hydroxylation sites is 2. The Morgan fingerprint density at radius 1 is 1.09 bits per heavy atom. The molecular weight excluding hydrogens is 442 g/mol. The molecule has 2 aromatic carbocycles. The molecule has 2 N–H and O–H groups in total. The fraction of sp³-hybridized carbons (Fsp3) is 0.292. The molecular formula is C24H27N3O5S. The van der Waals surface area contributed by atoms with Crippen LogP contribution >= 0.6 is 0 Å². The first-order chi connectivity index (χ1) is 16.0. The van der Waals surface area contributed by atoms with Crippen molar-refractivity contribution >= 4 is 21.6 Å². The van der Waals surface area contributed by atoms with Gasteiger partial charge in [0.15, 0.2) is 0 Å². The summed E-state index contributed by atoms with van der Waals surface area (Å²) in [6.45, 7) is 2.26. The highest BCUT2D eigenvalue weighted by Crippen LogP contribution is 2.27. The van der Waals surface area contributed by atoms with Crippen LogP contribution in [0.3, 0.4) is 0 Å². The first-order valence-electron chi connectivity index (χ1n) is 10.8. The Bertz CT molecular complexity index is 1190. The van der Waals surface area contributed by atoms with Crippen LogP contribution in [0.1, 0.15) is 35.0 Å². The molecule has 8 nitrogen and oxygen atoms in total. The largest absolute Gasteiger partial charge is 0.495 e. The number of likely N-dealkylation sites (tertiary alicyclic amines) is 1. The van der Waals surface area contributed by atoms with Crippen molar-refractivity contribution in [2.24, 2.45) is 0 Å². The van der Waals surface area contributed by atoms with Gasteiger partial charge in [0.1, 0.15) is 11.5 Å². The maximum atomic E-state index is 12.9. The van der Waals surface area contributed by atoms with Crippen molar-refractivity contribution in [3.63, 3.8) is 0 Å². The number of ether oxygens (including phenoxy) is 1. The van der Waals surface area contributed by atoms with E-state index in [9.17, 15) is 13.2 Å². The second-order valence-corrected chi connectivity index (χ2v) is 9.50. The van der Waals surface area contributed by atoms with E-state index in [4.69, 9.17) is 9.15 Å². The number of carbonyl (C=O) groups is 1. The van der Waals surface area contributed by atoms with Gasteiger partial charge in [0.2, 0.25) is 0 Å². The number of sulfonamides is 1. The van der Waals surface area contributed by atoms with E-state index in [0.29, 0.717) is 18.0 Å².